The second kappa shape index (κ2) is 4.40. The lowest BCUT2D eigenvalue weighted by molar-refractivity contribution is 0.435. The highest BCUT2D eigenvalue weighted by molar-refractivity contribution is 14.1. The Hall–Kier alpha value is -0.120. The van der Waals surface area contributed by atoms with Crippen LogP contribution in [0.5, 0.6) is 0 Å². The first-order chi connectivity index (χ1) is 6.38. The zero-order chi connectivity index (χ0) is 9.10. The fourth-order valence-corrected chi connectivity index (χ4v) is 2.86. The van der Waals surface area contributed by atoms with Crippen LogP contribution in [0.15, 0.2) is 18.3 Å². The standard InChI is InChI=1S/C11H14IN/c12-10-7-4-8-13-11(10)9-5-2-1-3-6-9/h4,7-9H,1-3,5-6H2. The van der Waals surface area contributed by atoms with Gasteiger partial charge in [0.1, 0.15) is 0 Å². The van der Waals surface area contributed by atoms with Crippen LogP contribution in [0, 0.1) is 3.57 Å². The second-order valence-corrected chi connectivity index (χ2v) is 4.87. The Morgan fingerprint density at radius 3 is 2.69 bits per heavy atom. The van der Waals surface area contributed by atoms with Gasteiger partial charge in [-0.2, -0.15) is 0 Å². The summed E-state index contributed by atoms with van der Waals surface area (Å²) in [4.78, 5) is 4.49. The Labute approximate surface area is 93.1 Å². The average molecular weight is 287 g/mol. The number of halogens is 1. The minimum Gasteiger partial charge on any atom is -0.260 e. The van der Waals surface area contributed by atoms with Crippen molar-refractivity contribution in [2.75, 3.05) is 0 Å². The highest BCUT2D eigenvalue weighted by Gasteiger charge is 2.18. The summed E-state index contributed by atoms with van der Waals surface area (Å²) >= 11 is 2.40. The fraction of sp³-hybridized carbons (Fsp3) is 0.545. The van der Waals surface area contributed by atoms with Crippen LogP contribution >= 0.6 is 22.6 Å². The Kier molecular flexibility index (Phi) is 3.19. The molecule has 1 fully saturated rings. The summed E-state index contributed by atoms with van der Waals surface area (Å²) in [5.41, 5.74) is 1.34. The summed E-state index contributed by atoms with van der Waals surface area (Å²) in [6.45, 7) is 0. The van der Waals surface area contributed by atoms with E-state index in [9.17, 15) is 0 Å². The van der Waals surface area contributed by atoms with E-state index in [4.69, 9.17) is 0 Å². The van der Waals surface area contributed by atoms with E-state index in [1.807, 2.05) is 12.3 Å². The van der Waals surface area contributed by atoms with Crippen molar-refractivity contribution in [2.24, 2.45) is 0 Å². The van der Waals surface area contributed by atoms with E-state index in [2.05, 4.69) is 33.6 Å². The first-order valence-corrected chi connectivity index (χ1v) is 6.06. The molecular weight excluding hydrogens is 273 g/mol. The zero-order valence-electron chi connectivity index (χ0n) is 7.67. The van der Waals surface area contributed by atoms with E-state index in [1.54, 1.807) is 0 Å². The molecule has 0 atom stereocenters. The summed E-state index contributed by atoms with van der Waals surface area (Å²) in [7, 11) is 0. The Morgan fingerprint density at radius 2 is 2.00 bits per heavy atom. The van der Waals surface area contributed by atoms with Crippen LogP contribution in [-0.4, -0.2) is 4.98 Å². The van der Waals surface area contributed by atoms with Crippen molar-refractivity contribution in [3.8, 4) is 0 Å². The lowest BCUT2D eigenvalue weighted by Gasteiger charge is -2.21. The molecule has 0 bridgehead atoms. The first-order valence-electron chi connectivity index (χ1n) is 4.98. The molecular formula is C11H14IN. The smallest absolute Gasteiger partial charge is 0.0567 e. The van der Waals surface area contributed by atoms with Gasteiger partial charge in [-0.05, 0) is 47.6 Å². The van der Waals surface area contributed by atoms with Crippen LogP contribution in [0.2, 0.25) is 0 Å². The van der Waals surface area contributed by atoms with Crippen LogP contribution in [0.3, 0.4) is 0 Å². The van der Waals surface area contributed by atoms with Gasteiger partial charge >= 0.3 is 0 Å². The molecule has 1 saturated carbocycles. The lowest BCUT2D eigenvalue weighted by Crippen LogP contribution is -2.07. The van der Waals surface area contributed by atoms with Gasteiger partial charge in [-0.15, -0.1) is 0 Å². The predicted molar refractivity (Wildman–Crippen MR) is 62.8 cm³/mol. The molecule has 13 heavy (non-hydrogen) atoms. The molecule has 0 aliphatic heterocycles. The van der Waals surface area contributed by atoms with E-state index >= 15 is 0 Å². The minimum absolute atomic E-state index is 0.738. The van der Waals surface area contributed by atoms with Crippen LogP contribution in [0.4, 0.5) is 0 Å². The van der Waals surface area contributed by atoms with Crippen molar-refractivity contribution in [1.29, 1.82) is 0 Å². The van der Waals surface area contributed by atoms with E-state index in [-0.39, 0.29) is 0 Å². The van der Waals surface area contributed by atoms with Gasteiger partial charge in [-0.25, -0.2) is 0 Å². The molecule has 2 rings (SSSR count). The molecule has 1 nitrogen and oxygen atoms in total. The first kappa shape index (κ1) is 9.44. The van der Waals surface area contributed by atoms with Gasteiger partial charge in [-0.3, -0.25) is 4.98 Å². The van der Waals surface area contributed by atoms with Gasteiger partial charge in [0, 0.05) is 15.7 Å². The van der Waals surface area contributed by atoms with E-state index in [0.29, 0.717) is 0 Å². The predicted octanol–water partition coefficient (Wildman–Crippen LogP) is 3.73. The molecule has 0 aromatic carbocycles. The highest BCUT2D eigenvalue weighted by Crippen LogP contribution is 2.33. The number of pyridine rings is 1. The minimum atomic E-state index is 0.738. The van der Waals surface area contributed by atoms with E-state index < -0.39 is 0 Å². The summed E-state index contributed by atoms with van der Waals surface area (Å²) in [5, 5.41) is 0. The van der Waals surface area contributed by atoms with E-state index in [1.165, 1.54) is 41.4 Å². The number of aromatic nitrogens is 1. The number of rotatable bonds is 1. The Balaban J connectivity index is 2.18. The van der Waals surface area contributed by atoms with Crippen molar-refractivity contribution < 1.29 is 0 Å². The van der Waals surface area contributed by atoms with Gasteiger partial charge in [0.2, 0.25) is 0 Å². The molecule has 70 valence electrons. The highest BCUT2D eigenvalue weighted by atomic mass is 127. The van der Waals surface area contributed by atoms with Gasteiger partial charge in [0.25, 0.3) is 0 Å². The number of nitrogens with zero attached hydrogens (tertiary/aromatic N) is 1. The molecule has 1 aromatic rings. The summed E-state index contributed by atoms with van der Waals surface area (Å²) in [6, 6.07) is 4.19. The summed E-state index contributed by atoms with van der Waals surface area (Å²) in [5.74, 6) is 0.738. The summed E-state index contributed by atoms with van der Waals surface area (Å²) in [6.07, 6.45) is 8.79. The number of hydrogen-bond donors (Lipinski definition) is 0. The molecule has 1 aliphatic carbocycles. The molecule has 0 amide bonds. The molecule has 1 aromatic heterocycles. The van der Waals surface area contributed by atoms with Crippen molar-refractivity contribution in [3.63, 3.8) is 0 Å². The third-order valence-electron chi connectivity index (χ3n) is 2.78. The maximum atomic E-state index is 4.49. The van der Waals surface area contributed by atoms with Crippen molar-refractivity contribution in [3.05, 3.63) is 27.6 Å². The SMILES string of the molecule is Ic1cccnc1C1CCCCC1. The molecule has 0 radical (unpaired) electrons. The Bertz CT molecular complexity index is 279. The van der Waals surface area contributed by atoms with Crippen molar-refractivity contribution >= 4 is 22.6 Å². The van der Waals surface area contributed by atoms with Gasteiger partial charge in [0.05, 0.1) is 5.69 Å². The Morgan fingerprint density at radius 1 is 1.23 bits per heavy atom. The fourth-order valence-electron chi connectivity index (χ4n) is 2.07. The maximum absolute atomic E-state index is 4.49. The normalized spacial score (nSPS) is 18.8. The molecule has 0 unspecified atom stereocenters. The monoisotopic (exact) mass is 287 g/mol. The molecule has 1 heterocycles. The molecule has 2 heteroatoms. The quantitative estimate of drug-likeness (QED) is 0.717. The molecule has 0 spiro atoms. The van der Waals surface area contributed by atoms with Crippen LogP contribution in [0.1, 0.15) is 43.7 Å². The lowest BCUT2D eigenvalue weighted by atomic mass is 9.87. The number of hydrogen-bond acceptors (Lipinski definition) is 1. The molecule has 0 N–H and O–H groups in total. The van der Waals surface area contributed by atoms with Crippen LogP contribution < -0.4 is 0 Å². The van der Waals surface area contributed by atoms with Gasteiger partial charge in [-0.1, -0.05) is 19.3 Å². The third-order valence-corrected chi connectivity index (χ3v) is 3.69. The largest absolute Gasteiger partial charge is 0.260 e. The van der Waals surface area contributed by atoms with Crippen molar-refractivity contribution in [1.82, 2.24) is 4.98 Å². The topological polar surface area (TPSA) is 12.9 Å². The van der Waals surface area contributed by atoms with Gasteiger partial charge in [0.15, 0.2) is 0 Å². The average Bonchev–Trinajstić information content (AvgIpc) is 2.20. The maximum Gasteiger partial charge on any atom is 0.0567 e. The third kappa shape index (κ3) is 2.22. The van der Waals surface area contributed by atoms with Gasteiger partial charge < -0.3 is 0 Å². The zero-order valence-corrected chi connectivity index (χ0v) is 9.83. The second-order valence-electron chi connectivity index (χ2n) is 3.71. The van der Waals surface area contributed by atoms with Crippen LogP contribution in [-0.2, 0) is 0 Å². The molecule has 0 saturated heterocycles. The molecule has 1 aliphatic rings. The van der Waals surface area contributed by atoms with Crippen molar-refractivity contribution in [2.45, 2.75) is 38.0 Å². The van der Waals surface area contributed by atoms with Crippen LogP contribution in [0.25, 0.3) is 0 Å². The van der Waals surface area contributed by atoms with E-state index in [0.717, 1.165) is 5.92 Å². The summed E-state index contributed by atoms with van der Waals surface area (Å²) < 4.78 is 1.34.